The summed E-state index contributed by atoms with van der Waals surface area (Å²) in [4.78, 5) is 27.4. The van der Waals surface area contributed by atoms with E-state index in [1.807, 2.05) is 6.07 Å². The molecular formula is C26H25N3O5. The molecule has 2 aromatic rings. The van der Waals surface area contributed by atoms with Crippen molar-refractivity contribution in [3.05, 3.63) is 82.8 Å². The van der Waals surface area contributed by atoms with E-state index in [4.69, 9.17) is 19.9 Å². The molecule has 1 atom stereocenters. The average molecular weight is 460 g/mol. The van der Waals surface area contributed by atoms with Gasteiger partial charge in [0.05, 0.1) is 44.0 Å². The predicted molar refractivity (Wildman–Crippen MR) is 124 cm³/mol. The average Bonchev–Trinajstić information content (AvgIpc) is 3.71. The van der Waals surface area contributed by atoms with Gasteiger partial charge in [-0.2, -0.15) is 5.26 Å². The number of nitrogens with two attached hydrogens (primary N) is 1. The molecule has 2 aromatic carbocycles. The van der Waals surface area contributed by atoms with E-state index in [0.29, 0.717) is 29.5 Å². The molecule has 8 nitrogen and oxygen atoms in total. The summed E-state index contributed by atoms with van der Waals surface area (Å²) in [5.74, 6) is -1.14. The fourth-order valence-electron chi connectivity index (χ4n) is 3.97. The number of benzene rings is 2. The number of anilines is 1. The summed E-state index contributed by atoms with van der Waals surface area (Å²) in [5, 5.41) is 10.1. The monoisotopic (exact) mass is 459 g/mol. The zero-order chi connectivity index (χ0) is 24.2. The first-order valence-corrected chi connectivity index (χ1v) is 10.9. The lowest BCUT2D eigenvalue weighted by atomic mass is 9.81. The van der Waals surface area contributed by atoms with Crippen LogP contribution in [0.3, 0.4) is 0 Å². The molecule has 2 aliphatic rings. The van der Waals surface area contributed by atoms with Crippen molar-refractivity contribution in [1.29, 1.82) is 5.26 Å². The lowest BCUT2D eigenvalue weighted by Gasteiger charge is -2.35. The molecule has 4 rings (SSSR count). The lowest BCUT2D eigenvalue weighted by molar-refractivity contribution is -0.139. The second kappa shape index (κ2) is 9.71. The highest BCUT2D eigenvalue weighted by atomic mass is 16.5. The normalized spacial score (nSPS) is 17.8. The van der Waals surface area contributed by atoms with Crippen molar-refractivity contribution in [2.75, 3.05) is 25.7 Å². The Balaban J connectivity index is 1.87. The lowest BCUT2D eigenvalue weighted by Crippen LogP contribution is -2.40. The zero-order valence-corrected chi connectivity index (χ0v) is 19.0. The second-order valence-corrected chi connectivity index (χ2v) is 8.08. The van der Waals surface area contributed by atoms with Gasteiger partial charge in [0, 0.05) is 5.69 Å². The minimum absolute atomic E-state index is 0.0241. The first-order valence-electron chi connectivity index (χ1n) is 10.9. The van der Waals surface area contributed by atoms with E-state index in [1.54, 1.807) is 48.5 Å². The van der Waals surface area contributed by atoms with Crippen LogP contribution in [0.4, 0.5) is 5.69 Å². The van der Waals surface area contributed by atoms with E-state index in [-0.39, 0.29) is 22.7 Å². The molecule has 0 saturated heterocycles. The highest BCUT2D eigenvalue weighted by Gasteiger charge is 2.42. The number of carbonyl (C=O) groups excluding carboxylic acids is 2. The number of ether oxygens (including phenoxy) is 3. The maximum absolute atomic E-state index is 13.0. The van der Waals surface area contributed by atoms with Crippen LogP contribution in [0.1, 0.15) is 24.3 Å². The van der Waals surface area contributed by atoms with E-state index in [2.05, 4.69) is 6.07 Å². The molecule has 1 fully saturated rings. The van der Waals surface area contributed by atoms with Gasteiger partial charge in [0.25, 0.3) is 0 Å². The topological polar surface area (TPSA) is 115 Å². The minimum atomic E-state index is -0.898. The first-order chi connectivity index (χ1) is 16.5. The number of hydrogen-bond donors (Lipinski definition) is 1. The van der Waals surface area contributed by atoms with E-state index in [0.717, 1.165) is 0 Å². The SMILES string of the molecule is COC(=O)C1=C(C(=O)OC)N(c2ccc(OCC3CC3)cc2)C(N)=C(C#N)C1c1ccccc1. The third-order valence-corrected chi connectivity index (χ3v) is 5.89. The van der Waals surface area contributed by atoms with E-state index < -0.39 is 17.9 Å². The summed E-state index contributed by atoms with van der Waals surface area (Å²) in [6, 6.07) is 18.0. The molecule has 0 bridgehead atoms. The molecule has 34 heavy (non-hydrogen) atoms. The van der Waals surface area contributed by atoms with Crippen molar-refractivity contribution in [2.24, 2.45) is 11.7 Å². The number of carbonyl (C=O) groups is 2. The van der Waals surface area contributed by atoms with Crippen molar-refractivity contribution >= 4 is 17.6 Å². The Hall–Kier alpha value is -4.25. The van der Waals surface area contributed by atoms with Gasteiger partial charge in [0.15, 0.2) is 0 Å². The smallest absolute Gasteiger partial charge is 0.355 e. The van der Waals surface area contributed by atoms with Crippen LogP contribution in [0.2, 0.25) is 0 Å². The largest absolute Gasteiger partial charge is 0.493 e. The van der Waals surface area contributed by atoms with Gasteiger partial charge in [0.2, 0.25) is 0 Å². The molecule has 2 N–H and O–H groups in total. The van der Waals surface area contributed by atoms with Crippen molar-refractivity contribution in [2.45, 2.75) is 18.8 Å². The zero-order valence-electron chi connectivity index (χ0n) is 19.0. The van der Waals surface area contributed by atoms with Crippen LogP contribution in [0, 0.1) is 17.2 Å². The third kappa shape index (κ3) is 4.33. The van der Waals surface area contributed by atoms with Crippen LogP contribution in [0.25, 0.3) is 0 Å². The van der Waals surface area contributed by atoms with Crippen LogP contribution >= 0.6 is 0 Å². The fourth-order valence-corrected chi connectivity index (χ4v) is 3.97. The molecule has 1 saturated carbocycles. The summed E-state index contributed by atoms with van der Waals surface area (Å²) in [5.41, 5.74) is 7.56. The number of nitriles is 1. The van der Waals surface area contributed by atoms with Crippen molar-refractivity contribution in [1.82, 2.24) is 0 Å². The summed E-state index contributed by atoms with van der Waals surface area (Å²) in [6.07, 6.45) is 2.35. The van der Waals surface area contributed by atoms with Crippen LogP contribution < -0.4 is 15.4 Å². The Labute approximate surface area is 197 Å². The minimum Gasteiger partial charge on any atom is -0.493 e. The van der Waals surface area contributed by atoms with E-state index in [9.17, 15) is 14.9 Å². The van der Waals surface area contributed by atoms with Gasteiger partial charge < -0.3 is 19.9 Å². The molecule has 174 valence electrons. The molecular weight excluding hydrogens is 434 g/mol. The van der Waals surface area contributed by atoms with Gasteiger partial charge in [-0.3, -0.25) is 4.90 Å². The molecule has 0 aromatic heterocycles. The Bertz CT molecular complexity index is 1190. The van der Waals surface area contributed by atoms with Gasteiger partial charge in [-0.25, -0.2) is 9.59 Å². The van der Waals surface area contributed by atoms with Gasteiger partial charge >= 0.3 is 11.9 Å². The molecule has 0 spiro atoms. The summed E-state index contributed by atoms with van der Waals surface area (Å²) in [6.45, 7) is 0.655. The Kier molecular flexibility index (Phi) is 6.55. The van der Waals surface area contributed by atoms with E-state index >= 15 is 0 Å². The van der Waals surface area contributed by atoms with Gasteiger partial charge in [0.1, 0.15) is 17.3 Å². The fraction of sp³-hybridized carbons (Fsp3) is 0.269. The van der Waals surface area contributed by atoms with Crippen molar-refractivity contribution < 1.29 is 23.8 Å². The number of nitrogens with zero attached hydrogens (tertiary/aromatic N) is 2. The van der Waals surface area contributed by atoms with Crippen LogP contribution in [-0.2, 0) is 19.1 Å². The maximum atomic E-state index is 13.0. The Morgan fingerprint density at radius 1 is 1.03 bits per heavy atom. The van der Waals surface area contributed by atoms with Crippen LogP contribution in [-0.4, -0.2) is 32.8 Å². The van der Waals surface area contributed by atoms with Crippen molar-refractivity contribution in [3.63, 3.8) is 0 Å². The standard InChI is InChI=1S/C26H25N3O5/c1-32-25(30)22-21(17-6-4-3-5-7-17)20(14-27)24(28)29(23(22)26(31)33-2)18-10-12-19(13-11-18)34-15-16-8-9-16/h3-7,10-13,16,21H,8-9,15,28H2,1-2H3. The molecule has 1 unspecified atom stereocenters. The number of methoxy groups -OCH3 is 2. The number of rotatable bonds is 7. The van der Waals surface area contributed by atoms with Gasteiger partial charge in [-0.15, -0.1) is 0 Å². The molecule has 1 aliphatic heterocycles. The first kappa shape index (κ1) is 22.9. The highest BCUT2D eigenvalue weighted by Crippen LogP contribution is 2.43. The second-order valence-electron chi connectivity index (χ2n) is 8.08. The third-order valence-electron chi connectivity index (χ3n) is 5.89. The molecule has 8 heteroatoms. The van der Waals surface area contributed by atoms with Gasteiger partial charge in [-0.1, -0.05) is 30.3 Å². The number of allylic oxidation sites excluding steroid dienone is 1. The number of hydrogen-bond acceptors (Lipinski definition) is 8. The predicted octanol–water partition coefficient (Wildman–Crippen LogP) is 3.37. The Morgan fingerprint density at radius 3 is 2.24 bits per heavy atom. The summed E-state index contributed by atoms with van der Waals surface area (Å²) in [7, 11) is 2.44. The number of esters is 2. The van der Waals surface area contributed by atoms with Crippen LogP contribution in [0.5, 0.6) is 5.75 Å². The molecule has 0 radical (unpaired) electrons. The van der Waals surface area contributed by atoms with Gasteiger partial charge in [-0.05, 0) is 48.6 Å². The maximum Gasteiger partial charge on any atom is 0.355 e. The molecule has 1 heterocycles. The van der Waals surface area contributed by atoms with Crippen molar-refractivity contribution in [3.8, 4) is 11.8 Å². The molecule has 1 aliphatic carbocycles. The quantitative estimate of drug-likeness (QED) is 0.627. The van der Waals surface area contributed by atoms with E-state index in [1.165, 1.54) is 32.0 Å². The molecule has 0 amide bonds. The Morgan fingerprint density at radius 2 is 1.68 bits per heavy atom. The highest BCUT2D eigenvalue weighted by molar-refractivity contribution is 6.06. The summed E-state index contributed by atoms with van der Waals surface area (Å²) < 4.78 is 15.9. The van der Waals surface area contributed by atoms with Crippen LogP contribution in [0.15, 0.2) is 77.3 Å². The summed E-state index contributed by atoms with van der Waals surface area (Å²) >= 11 is 0.